The van der Waals surface area contributed by atoms with Gasteiger partial charge in [-0.25, -0.2) is 0 Å². The number of carbonyl (C=O) groups is 3. The second-order valence-electron chi connectivity index (χ2n) is 9.56. The summed E-state index contributed by atoms with van der Waals surface area (Å²) in [5.41, 5.74) is 1.68. The summed E-state index contributed by atoms with van der Waals surface area (Å²) in [6.45, 7) is 11.0. The van der Waals surface area contributed by atoms with E-state index in [-0.39, 0.29) is 41.6 Å². The van der Waals surface area contributed by atoms with E-state index in [2.05, 4.69) is 26.1 Å². The summed E-state index contributed by atoms with van der Waals surface area (Å²) in [5.74, 6) is -0.284. The third kappa shape index (κ3) is 4.69. The quantitative estimate of drug-likeness (QED) is 0.825. The number of fused-ring (bicyclic) bond motifs is 1. The molecule has 2 saturated heterocycles. The summed E-state index contributed by atoms with van der Waals surface area (Å²) in [7, 11) is 0. The molecule has 158 valence electrons. The average Bonchev–Trinajstić information content (AvgIpc) is 3.23. The Kier molecular flexibility index (Phi) is 6.13. The second-order valence-corrected chi connectivity index (χ2v) is 9.56. The Morgan fingerprint density at radius 2 is 1.86 bits per heavy atom. The minimum absolute atomic E-state index is 0.00728. The monoisotopic (exact) mass is 400 g/mol. The minimum atomic E-state index is -0.656. The van der Waals surface area contributed by atoms with E-state index in [9.17, 15) is 14.4 Å². The summed E-state index contributed by atoms with van der Waals surface area (Å²) in [5, 5.41) is 2.91. The molecule has 0 spiro atoms. The number of nitrogens with zero attached hydrogens (tertiary/aromatic N) is 1. The number of hydrogen-bond donors (Lipinski definition) is 1. The molecular weight excluding hydrogens is 368 g/mol. The summed E-state index contributed by atoms with van der Waals surface area (Å²) >= 11 is 0. The summed E-state index contributed by atoms with van der Waals surface area (Å²) in [6, 6.07) is 6.35. The number of Topliss-reactive ketones (excluding diaryl/α,β-unsaturated/α-hetero) is 1. The van der Waals surface area contributed by atoms with E-state index >= 15 is 0 Å². The normalized spacial score (nSPS) is 22.7. The first kappa shape index (κ1) is 21.5. The topological polar surface area (TPSA) is 75.7 Å². The van der Waals surface area contributed by atoms with Gasteiger partial charge in [0, 0.05) is 12.1 Å². The molecule has 1 aromatic rings. The van der Waals surface area contributed by atoms with Crippen molar-refractivity contribution in [3.8, 4) is 0 Å². The first-order valence-electron chi connectivity index (χ1n) is 10.4. The number of ketones is 1. The largest absolute Gasteiger partial charge is 0.368 e. The van der Waals surface area contributed by atoms with Crippen LogP contribution in [0.15, 0.2) is 24.3 Å². The molecule has 2 heterocycles. The highest BCUT2D eigenvalue weighted by Crippen LogP contribution is 2.28. The lowest BCUT2D eigenvalue weighted by molar-refractivity contribution is -0.138. The molecular formula is C23H32N2O4. The van der Waals surface area contributed by atoms with Crippen molar-refractivity contribution in [1.82, 2.24) is 10.2 Å². The van der Waals surface area contributed by atoms with Crippen molar-refractivity contribution in [2.24, 2.45) is 5.92 Å². The van der Waals surface area contributed by atoms with Crippen molar-refractivity contribution in [2.75, 3.05) is 13.2 Å². The van der Waals surface area contributed by atoms with Crippen molar-refractivity contribution < 1.29 is 19.1 Å². The molecule has 2 aliphatic heterocycles. The Balaban J connectivity index is 1.74. The maximum absolute atomic E-state index is 13.2. The van der Waals surface area contributed by atoms with E-state index < -0.39 is 12.1 Å². The van der Waals surface area contributed by atoms with E-state index in [4.69, 9.17) is 4.74 Å². The third-order valence-electron chi connectivity index (χ3n) is 5.72. The van der Waals surface area contributed by atoms with Gasteiger partial charge < -0.3 is 15.0 Å². The zero-order chi connectivity index (χ0) is 21.3. The number of hydrogen-bond acceptors (Lipinski definition) is 4. The number of likely N-dealkylation sites (tertiary alicyclic amines) is 1. The maximum Gasteiger partial charge on any atom is 0.251 e. The summed E-state index contributed by atoms with van der Waals surface area (Å²) in [4.78, 5) is 39.8. The van der Waals surface area contributed by atoms with Gasteiger partial charge in [0.15, 0.2) is 5.78 Å². The van der Waals surface area contributed by atoms with Gasteiger partial charge in [0.1, 0.15) is 18.7 Å². The zero-order valence-corrected chi connectivity index (χ0v) is 18.0. The molecule has 2 fully saturated rings. The molecule has 1 aromatic carbocycles. The van der Waals surface area contributed by atoms with Gasteiger partial charge in [-0.15, -0.1) is 0 Å². The van der Waals surface area contributed by atoms with E-state index in [1.165, 1.54) is 0 Å². The Bertz CT molecular complexity index is 779. The smallest absolute Gasteiger partial charge is 0.251 e. The number of nitrogens with one attached hydrogen (secondary N) is 1. The van der Waals surface area contributed by atoms with Gasteiger partial charge >= 0.3 is 0 Å². The highest BCUT2D eigenvalue weighted by molar-refractivity contribution is 5.99. The van der Waals surface area contributed by atoms with Gasteiger partial charge in [0.05, 0.1) is 6.10 Å². The number of ether oxygens (including phenoxy) is 1. The van der Waals surface area contributed by atoms with Crippen LogP contribution in [0.2, 0.25) is 0 Å². The van der Waals surface area contributed by atoms with Gasteiger partial charge in [0.25, 0.3) is 5.91 Å². The second kappa shape index (κ2) is 8.27. The van der Waals surface area contributed by atoms with Gasteiger partial charge in [0.2, 0.25) is 5.91 Å². The molecule has 6 nitrogen and oxygen atoms in total. The Labute approximate surface area is 173 Å². The predicted molar refractivity (Wildman–Crippen MR) is 111 cm³/mol. The SMILES string of the molecule is CC(C)CC(NC(=O)c1ccc(C(C)(C)C)cc1)C(=O)N1CCC2OCC(=O)C21. The molecule has 6 heteroatoms. The van der Waals surface area contributed by atoms with Gasteiger partial charge in [-0.05, 0) is 41.9 Å². The Morgan fingerprint density at radius 1 is 1.21 bits per heavy atom. The van der Waals surface area contributed by atoms with Crippen LogP contribution in [0.5, 0.6) is 0 Å². The first-order valence-corrected chi connectivity index (χ1v) is 10.4. The average molecular weight is 401 g/mol. The molecule has 3 unspecified atom stereocenters. The molecule has 0 radical (unpaired) electrons. The zero-order valence-electron chi connectivity index (χ0n) is 18.0. The summed E-state index contributed by atoms with van der Waals surface area (Å²) in [6.07, 6.45) is 0.985. The standard InChI is InChI=1S/C23H32N2O4/c1-14(2)12-17(22(28)25-11-10-19-20(25)18(26)13-29-19)24-21(27)15-6-8-16(9-7-15)23(3,4)5/h6-9,14,17,19-20H,10-13H2,1-5H3,(H,24,27). The van der Waals surface area contributed by atoms with E-state index in [1.54, 1.807) is 17.0 Å². The lowest BCUT2D eigenvalue weighted by Gasteiger charge is -2.28. The van der Waals surface area contributed by atoms with Crippen molar-refractivity contribution in [3.63, 3.8) is 0 Å². The number of benzene rings is 1. The highest BCUT2D eigenvalue weighted by Gasteiger charge is 2.48. The molecule has 1 N–H and O–H groups in total. The van der Waals surface area contributed by atoms with Crippen LogP contribution < -0.4 is 5.32 Å². The van der Waals surface area contributed by atoms with Crippen LogP contribution in [-0.4, -0.2) is 53.8 Å². The van der Waals surface area contributed by atoms with Crippen LogP contribution in [0.1, 0.15) is 63.4 Å². The van der Waals surface area contributed by atoms with Crippen LogP contribution in [0.25, 0.3) is 0 Å². The van der Waals surface area contributed by atoms with Crippen LogP contribution in [0.4, 0.5) is 0 Å². The van der Waals surface area contributed by atoms with Crippen molar-refractivity contribution in [2.45, 2.75) is 71.1 Å². The molecule has 0 bridgehead atoms. The van der Waals surface area contributed by atoms with E-state index in [1.807, 2.05) is 26.0 Å². The molecule has 0 saturated carbocycles. The first-order chi connectivity index (χ1) is 13.6. The minimum Gasteiger partial charge on any atom is -0.368 e. The number of carbonyl (C=O) groups excluding carboxylic acids is 3. The van der Waals surface area contributed by atoms with Gasteiger partial charge in [-0.2, -0.15) is 0 Å². The number of rotatable bonds is 5. The maximum atomic E-state index is 13.2. The predicted octanol–water partition coefficient (Wildman–Crippen LogP) is 2.70. The molecule has 29 heavy (non-hydrogen) atoms. The Morgan fingerprint density at radius 3 is 2.45 bits per heavy atom. The molecule has 3 atom stereocenters. The molecule has 2 aliphatic rings. The third-order valence-corrected chi connectivity index (χ3v) is 5.72. The lowest BCUT2D eigenvalue weighted by atomic mass is 9.86. The van der Waals surface area contributed by atoms with E-state index in [0.717, 1.165) is 5.56 Å². The molecule has 0 aliphatic carbocycles. The number of amides is 2. The van der Waals surface area contributed by atoms with Crippen molar-refractivity contribution >= 4 is 17.6 Å². The Hall–Kier alpha value is -2.21. The fourth-order valence-electron chi connectivity index (χ4n) is 4.10. The van der Waals surface area contributed by atoms with Crippen LogP contribution in [-0.2, 0) is 19.7 Å². The van der Waals surface area contributed by atoms with Gasteiger partial charge in [-0.3, -0.25) is 14.4 Å². The lowest BCUT2D eigenvalue weighted by Crippen LogP contribution is -2.52. The van der Waals surface area contributed by atoms with E-state index in [0.29, 0.717) is 24.9 Å². The highest BCUT2D eigenvalue weighted by atomic mass is 16.5. The molecule has 0 aromatic heterocycles. The fourth-order valence-corrected chi connectivity index (χ4v) is 4.10. The van der Waals surface area contributed by atoms with Crippen LogP contribution >= 0.6 is 0 Å². The fraction of sp³-hybridized carbons (Fsp3) is 0.609. The van der Waals surface area contributed by atoms with Crippen LogP contribution in [0, 0.1) is 5.92 Å². The summed E-state index contributed by atoms with van der Waals surface area (Å²) < 4.78 is 5.49. The molecule has 2 amide bonds. The van der Waals surface area contributed by atoms with Crippen LogP contribution in [0.3, 0.4) is 0 Å². The van der Waals surface area contributed by atoms with Crippen molar-refractivity contribution in [3.05, 3.63) is 35.4 Å². The van der Waals surface area contributed by atoms with Gasteiger partial charge in [-0.1, -0.05) is 46.8 Å². The molecule has 3 rings (SSSR count). The van der Waals surface area contributed by atoms with Crippen molar-refractivity contribution in [1.29, 1.82) is 0 Å².